The molecule has 0 rings (SSSR count). The molecule has 0 saturated carbocycles. The van der Waals surface area contributed by atoms with Crippen LogP contribution in [0.4, 0.5) is 0 Å². The minimum atomic E-state index is -4.76. The van der Waals surface area contributed by atoms with Gasteiger partial charge in [-0.15, -0.1) is 0 Å². The Morgan fingerprint density at radius 3 is 1.57 bits per heavy atom. The lowest BCUT2D eigenvalue weighted by molar-refractivity contribution is -0.161. The van der Waals surface area contributed by atoms with Gasteiger partial charge in [-0.2, -0.15) is 0 Å². The fourth-order valence-electron chi connectivity index (χ4n) is 4.61. The van der Waals surface area contributed by atoms with E-state index in [1.807, 2.05) is 0 Å². The van der Waals surface area contributed by atoms with Gasteiger partial charge >= 0.3 is 19.8 Å². The SMILES string of the molecule is CCCCC/C=C\C/C=C\C/C=C\CCCCC(=O)O[C@H](COC(=O)CCCCCCC/C=C\CCCCCC)COP(=O)(O)O. The smallest absolute Gasteiger partial charge is 0.462 e. The van der Waals surface area contributed by atoms with Gasteiger partial charge in [-0.25, -0.2) is 4.57 Å². The van der Waals surface area contributed by atoms with Crippen LogP contribution >= 0.6 is 7.82 Å². The fourth-order valence-corrected chi connectivity index (χ4v) is 4.97. The van der Waals surface area contributed by atoms with E-state index in [9.17, 15) is 14.2 Å². The molecule has 0 radical (unpaired) electrons. The van der Waals surface area contributed by atoms with E-state index < -0.39 is 32.5 Å². The third-order valence-electron chi connectivity index (χ3n) is 7.32. The first-order chi connectivity index (χ1) is 22.3. The van der Waals surface area contributed by atoms with Crippen molar-refractivity contribution in [1.82, 2.24) is 0 Å². The van der Waals surface area contributed by atoms with Gasteiger partial charge in [0.2, 0.25) is 0 Å². The molecule has 0 fully saturated rings. The van der Waals surface area contributed by atoms with Gasteiger partial charge in [0.25, 0.3) is 0 Å². The highest BCUT2D eigenvalue weighted by Crippen LogP contribution is 2.35. The topological polar surface area (TPSA) is 119 Å². The van der Waals surface area contributed by atoms with Crippen LogP contribution < -0.4 is 0 Å². The third-order valence-corrected chi connectivity index (χ3v) is 7.81. The van der Waals surface area contributed by atoms with E-state index in [4.69, 9.17) is 19.3 Å². The zero-order valence-corrected chi connectivity index (χ0v) is 29.9. The number of ether oxygens (including phenoxy) is 2. The normalized spacial score (nSPS) is 13.0. The van der Waals surface area contributed by atoms with E-state index in [2.05, 4.69) is 67.0 Å². The maximum atomic E-state index is 12.3. The summed E-state index contributed by atoms with van der Waals surface area (Å²) in [5.41, 5.74) is 0. The van der Waals surface area contributed by atoms with E-state index in [-0.39, 0.29) is 19.4 Å². The molecule has 0 spiro atoms. The zero-order chi connectivity index (χ0) is 34.0. The zero-order valence-electron chi connectivity index (χ0n) is 29.0. The molecule has 9 heteroatoms. The van der Waals surface area contributed by atoms with Crippen molar-refractivity contribution < 1.29 is 37.9 Å². The summed E-state index contributed by atoms with van der Waals surface area (Å²) in [7, 11) is -4.76. The molecule has 0 heterocycles. The van der Waals surface area contributed by atoms with Crippen molar-refractivity contribution in [3.8, 4) is 0 Å². The second kappa shape index (κ2) is 32.9. The molecule has 1 atom stereocenters. The van der Waals surface area contributed by atoms with E-state index >= 15 is 0 Å². The molecule has 0 aliphatic heterocycles. The van der Waals surface area contributed by atoms with Crippen LogP contribution in [-0.4, -0.2) is 41.0 Å². The summed E-state index contributed by atoms with van der Waals surface area (Å²) in [5.74, 6) is -0.944. The van der Waals surface area contributed by atoms with E-state index in [1.165, 1.54) is 51.4 Å². The molecule has 0 amide bonds. The number of allylic oxidation sites excluding steroid dienone is 8. The highest BCUT2D eigenvalue weighted by Gasteiger charge is 2.22. The average molecular weight is 669 g/mol. The highest BCUT2D eigenvalue weighted by molar-refractivity contribution is 7.46. The molecular weight excluding hydrogens is 603 g/mol. The van der Waals surface area contributed by atoms with Crippen molar-refractivity contribution in [3.63, 3.8) is 0 Å². The van der Waals surface area contributed by atoms with Gasteiger partial charge in [-0.3, -0.25) is 14.1 Å². The lowest BCUT2D eigenvalue weighted by Gasteiger charge is -2.18. The Kier molecular flexibility index (Phi) is 31.5. The number of phosphoric ester groups is 1. The lowest BCUT2D eigenvalue weighted by atomic mass is 10.1. The summed E-state index contributed by atoms with van der Waals surface area (Å²) in [4.78, 5) is 42.6. The molecule has 0 unspecified atom stereocenters. The minimum Gasteiger partial charge on any atom is -0.462 e. The molecule has 8 nitrogen and oxygen atoms in total. The predicted octanol–water partition coefficient (Wildman–Crippen LogP) is 10.4. The number of hydrogen-bond acceptors (Lipinski definition) is 6. The Labute approximate surface area is 280 Å². The van der Waals surface area contributed by atoms with Gasteiger partial charge in [0, 0.05) is 12.8 Å². The fraction of sp³-hybridized carbons (Fsp3) is 0.730. The molecule has 0 aromatic rings. The molecule has 0 aliphatic carbocycles. The van der Waals surface area contributed by atoms with Crippen molar-refractivity contribution >= 4 is 19.8 Å². The third kappa shape index (κ3) is 34.9. The van der Waals surface area contributed by atoms with Crippen LogP contribution in [0.15, 0.2) is 48.6 Å². The Bertz CT molecular complexity index is 890. The molecule has 0 aromatic carbocycles. The van der Waals surface area contributed by atoms with Crippen molar-refractivity contribution in [2.75, 3.05) is 13.2 Å². The number of phosphoric acid groups is 1. The monoisotopic (exact) mass is 668 g/mol. The summed E-state index contributed by atoms with van der Waals surface area (Å²) in [6.07, 6.45) is 38.3. The highest BCUT2D eigenvalue weighted by atomic mass is 31.2. The summed E-state index contributed by atoms with van der Waals surface area (Å²) < 4.78 is 26.2. The summed E-state index contributed by atoms with van der Waals surface area (Å²) >= 11 is 0. The van der Waals surface area contributed by atoms with Crippen molar-refractivity contribution in [3.05, 3.63) is 48.6 Å². The van der Waals surface area contributed by atoms with E-state index in [0.717, 1.165) is 64.2 Å². The summed E-state index contributed by atoms with van der Waals surface area (Å²) in [6, 6.07) is 0. The molecule has 2 N–H and O–H groups in total. The first-order valence-electron chi connectivity index (χ1n) is 17.9. The predicted molar refractivity (Wildman–Crippen MR) is 188 cm³/mol. The Balaban J connectivity index is 4.09. The van der Waals surface area contributed by atoms with Gasteiger partial charge in [0.15, 0.2) is 6.10 Å². The van der Waals surface area contributed by atoms with Crippen LogP contribution in [0, 0.1) is 0 Å². The van der Waals surface area contributed by atoms with Crippen LogP contribution in [0.2, 0.25) is 0 Å². The van der Waals surface area contributed by atoms with Crippen LogP contribution in [-0.2, 0) is 28.2 Å². The van der Waals surface area contributed by atoms with Crippen LogP contribution in [0.25, 0.3) is 0 Å². The number of rotatable bonds is 32. The summed E-state index contributed by atoms with van der Waals surface area (Å²) in [6.45, 7) is 3.58. The van der Waals surface area contributed by atoms with Gasteiger partial charge in [-0.1, -0.05) is 114 Å². The number of esters is 2. The van der Waals surface area contributed by atoms with Crippen molar-refractivity contribution in [2.45, 2.75) is 161 Å². The molecule has 0 aliphatic rings. The maximum Gasteiger partial charge on any atom is 0.469 e. The summed E-state index contributed by atoms with van der Waals surface area (Å²) in [5, 5.41) is 0. The van der Waals surface area contributed by atoms with E-state index in [1.54, 1.807) is 0 Å². The number of unbranched alkanes of at least 4 members (excludes halogenated alkanes) is 14. The van der Waals surface area contributed by atoms with Crippen LogP contribution in [0.1, 0.15) is 155 Å². The Morgan fingerprint density at radius 2 is 0.978 bits per heavy atom. The van der Waals surface area contributed by atoms with Crippen LogP contribution in [0.3, 0.4) is 0 Å². The lowest BCUT2D eigenvalue weighted by Crippen LogP contribution is -2.29. The molecule has 46 heavy (non-hydrogen) atoms. The first-order valence-corrected chi connectivity index (χ1v) is 19.5. The van der Waals surface area contributed by atoms with Gasteiger partial charge in [0.05, 0.1) is 6.61 Å². The van der Waals surface area contributed by atoms with Gasteiger partial charge in [0.1, 0.15) is 6.61 Å². The second-order valence-electron chi connectivity index (χ2n) is 11.8. The quantitative estimate of drug-likeness (QED) is 0.0315. The van der Waals surface area contributed by atoms with Crippen molar-refractivity contribution in [2.24, 2.45) is 0 Å². The van der Waals surface area contributed by atoms with Crippen molar-refractivity contribution in [1.29, 1.82) is 0 Å². The maximum absolute atomic E-state index is 12.3. The average Bonchev–Trinajstić information content (AvgIpc) is 3.02. The van der Waals surface area contributed by atoms with Gasteiger partial charge < -0.3 is 19.3 Å². The molecule has 266 valence electrons. The second-order valence-corrected chi connectivity index (χ2v) is 13.1. The molecular formula is C37H65O8P. The first kappa shape index (κ1) is 44.0. The standard InChI is InChI=1S/C37H65O8P/c1-3-5-7-9-11-13-15-17-18-20-22-24-26-28-30-32-37(39)45-35(34-44-46(40,41)42)33-43-36(38)31-29-27-25-23-21-19-16-14-12-10-8-6-4-2/h11,13-14,16-18,22,24,35H,3-10,12,15,19-21,23,25-34H2,1-2H3,(H2,40,41,42)/b13-11-,16-14-,18-17-,24-22-/t35-/m1/s1. The largest absolute Gasteiger partial charge is 0.469 e. The number of carbonyl (C=O) groups excluding carboxylic acids is 2. The number of carbonyl (C=O) groups is 2. The van der Waals surface area contributed by atoms with Crippen LogP contribution in [0.5, 0.6) is 0 Å². The molecule has 0 saturated heterocycles. The minimum absolute atomic E-state index is 0.160. The molecule has 0 aromatic heterocycles. The number of hydrogen-bond donors (Lipinski definition) is 2. The molecule has 0 bridgehead atoms. The van der Waals surface area contributed by atoms with Gasteiger partial charge in [-0.05, 0) is 77.0 Å². The Morgan fingerprint density at radius 1 is 0.565 bits per heavy atom. The van der Waals surface area contributed by atoms with E-state index in [0.29, 0.717) is 12.8 Å². The Hall–Kier alpha value is -1.99.